The number of fused-ring (bicyclic) bond motifs is 1. The van der Waals surface area contributed by atoms with Crippen molar-refractivity contribution in [1.82, 2.24) is 29.9 Å². The minimum atomic E-state index is -0.565. The fourth-order valence-electron chi connectivity index (χ4n) is 4.66. The zero-order valence-corrected chi connectivity index (χ0v) is 19.0. The van der Waals surface area contributed by atoms with Crippen LogP contribution in [-0.2, 0) is 24.3 Å². The number of hydrogen-bond donors (Lipinski definition) is 1. The number of carbonyl (C=O) groups is 1. The molecule has 4 heterocycles. The van der Waals surface area contributed by atoms with Crippen LogP contribution >= 0.6 is 0 Å². The van der Waals surface area contributed by atoms with Crippen LogP contribution in [0.4, 0.5) is 14.7 Å². The van der Waals surface area contributed by atoms with Crippen molar-refractivity contribution in [3.63, 3.8) is 0 Å². The van der Waals surface area contributed by atoms with Crippen molar-refractivity contribution in [2.75, 3.05) is 25.0 Å². The maximum absolute atomic E-state index is 14.1. The van der Waals surface area contributed by atoms with Crippen molar-refractivity contribution in [2.24, 2.45) is 0 Å². The van der Waals surface area contributed by atoms with E-state index in [1.54, 1.807) is 18.1 Å². The molecular weight excluding hydrogens is 444 g/mol. The number of anilines is 1. The molecule has 5 rings (SSSR count). The Hall–Kier alpha value is -3.34. The topological polar surface area (TPSA) is 92.3 Å². The van der Waals surface area contributed by atoms with Gasteiger partial charge in [0.25, 0.3) is 5.95 Å². The van der Waals surface area contributed by atoms with E-state index in [1.807, 2.05) is 15.7 Å². The molecule has 1 saturated heterocycles. The summed E-state index contributed by atoms with van der Waals surface area (Å²) in [6.07, 6.45) is 5.62. The van der Waals surface area contributed by atoms with Crippen LogP contribution in [0.1, 0.15) is 42.5 Å². The van der Waals surface area contributed by atoms with Crippen molar-refractivity contribution in [3.05, 3.63) is 59.5 Å². The van der Waals surface area contributed by atoms with Crippen LogP contribution in [0.2, 0.25) is 0 Å². The van der Waals surface area contributed by atoms with Gasteiger partial charge < -0.3 is 18.9 Å². The lowest BCUT2D eigenvalue weighted by molar-refractivity contribution is -0.133. The summed E-state index contributed by atoms with van der Waals surface area (Å²) in [5, 5.41) is 7.40. The van der Waals surface area contributed by atoms with Gasteiger partial charge in [0.2, 0.25) is 11.8 Å². The largest absolute Gasteiger partial charge is 0.338 e. The fraction of sp³-hybridized carbons (Fsp3) is 0.478. The van der Waals surface area contributed by atoms with E-state index >= 15 is 0 Å². The zero-order valence-electron chi connectivity index (χ0n) is 19.0. The first-order valence-corrected chi connectivity index (χ1v) is 11.5. The number of rotatable bonds is 6. The minimum Gasteiger partial charge on any atom is -0.338 e. The van der Waals surface area contributed by atoms with E-state index in [1.165, 1.54) is 12.1 Å². The van der Waals surface area contributed by atoms with E-state index in [4.69, 9.17) is 4.52 Å². The van der Waals surface area contributed by atoms with Crippen molar-refractivity contribution in [2.45, 2.75) is 50.9 Å². The molecule has 1 atom stereocenters. The molecule has 1 fully saturated rings. The zero-order chi connectivity index (χ0) is 23.7. The molecule has 1 N–H and O–H groups in total. The van der Waals surface area contributed by atoms with Crippen LogP contribution in [0.25, 0.3) is 0 Å². The quantitative estimate of drug-likeness (QED) is 0.590. The Kier molecular flexibility index (Phi) is 6.27. The highest BCUT2D eigenvalue weighted by molar-refractivity contribution is 5.76. The number of hydrogen-bond acceptors (Lipinski definition) is 7. The SMILES string of the molecule is CN(C(=O)CCc1nc(N2CCC(c3ccc(F)cc3F)CC2)no1)C1Cn2ccnc2CN1. The molecule has 1 amide bonds. The van der Waals surface area contributed by atoms with Crippen molar-refractivity contribution >= 4 is 11.9 Å². The van der Waals surface area contributed by atoms with Crippen LogP contribution in [0, 0.1) is 11.6 Å². The lowest BCUT2D eigenvalue weighted by Crippen LogP contribution is -2.51. The fourth-order valence-corrected chi connectivity index (χ4v) is 4.66. The molecule has 0 spiro atoms. The minimum absolute atomic E-state index is 0.0112. The molecule has 34 heavy (non-hydrogen) atoms. The summed E-state index contributed by atoms with van der Waals surface area (Å²) in [6, 6.07) is 3.77. The van der Waals surface area contributed by atoms with Crippen molar-refractivity contribution in [1.29, 1.82) is 0 Å². The van der Waals surface area contributed by atoms with E-state index in [2.05, 4.69) is 20.4 Å². The van der Waals surface area contributed by atoms with Crippen LogP contribution < -0.4 is 10.2 Å². The van der Waals surface area contributed by atoms with Crippen LogP contribution in [0.15, 0.2) is 35.1 Å². The van der Waals surface area contributed by atoms with Gasteiger partial charge in [-0.2, -0.15) is 4.98 Å². The van der Waals surface area contributed by atoms with Crippen LogP contribution in [0.3, 0.4) is 0 Å². The van der Waals surface area contributed by atoms with E-state index < -0.39 is 11.6 Å². The summed E-state index contributed by atoms with van der Waals surface area (Å²) in [7, 11) is 1.79. The van der Waals surface area contributed by atoms with Gasteiger partial charge in [-0.3, -0.25) is 10.1 Å². The number of halogens is 2. The third kappa shape index (κ3) is 4.65. The van der Waals surface area contributed by atoms with E-state index in [9.17, 15) is 13.6 Å². The lowest BCUT2D eigenvalue weighted by atomic mass is 9.89. The Labute approximate surface area is 195 Å². The maximum atomic E-state index is 14.1. The van der Waals surface area contributed by atoms with Gasteiger partial charge in [-0.05, 0) is 35.5 Å². The Morgan fingerprint density at radius 1 is 1.29 bits per heavy atom. The molecule has 0 radical (unpaired) electrons. The second-order valence-electron chi connectivity index (χ2n) is 8.81. The first kappa shape index (κ1) is 22.5. The molecule has 0 saturated carbocycles. The molecule has 0 aliphatic carbocycles. The van der Waals surface area contributed by atoms with E-state index in [0.29, 0.717) is 62.8 Å². The summed E-state index contributed by atoms with van der Waals surface area (Å²) >= 11 is 0. The second kappa shape index (κ2) is 9.49. The average Bonchev–Trinajstić information content (AvgIpc) is 3.51. The number of benzene rings is 1. The van der Waals surface area contributed by atoms with Gasteiger partial charge in [0, 0.05) is 51.4 Å². The number of nitrogens with zero attached hydrogens (tertiary/aromatic N) is 6. The van der Waals surface area contributed by atoms with Gasteiger partial charge >= 0.3 is 0 Å². The van der Waals surface area contributed by atoms with Gasteiger partial charge in [-0.15, -0.1) is 0 Å². The monoisotopic (exact) mass is 471 g/mol. The number of nitrogens with one attached hydrogen (secondary N) is 1. The summed E-state index contributed by atoms with van der Waals surface area (Å²) < 4.78 is 34.7. The van der Waals surface area contributed by atoms with Crippen molar-refractivity contribution < 1.29 is 18.1 Å². The van der Waals surface area contributed by atoms with Gasteiger partial charge in [0.15, 0.2) is 0 Å². The van der Waals surface area contributed by atoms with Gasteiger partial charge in [-0.1, -0.05) is 6.07 Å². The molecule has 9 nitrogen and oxygen atoms in total. The number of imidazole rings is 1. The first-order chi connectivity index (χ1) is 16.5. The van der Waals surface area contributed by atoms with Crippen molar-refractivity contribution in [3.8, 4) is 0 Å². The van der Waals surface area contributed by atoms with Crippen LogP contribution in [0.5, 0.6) is 0 Å². The first-order valence-electron chi connectivity index (χ1n) is 11.5. The third-order valence-corrected chi connectivity index (χ3v) is 6.72. The molecule has 2 aliphatic rings. The Balaban J connectivity index is 1.11. The third-order valence-electron chi connectivity index (χ3n) is 6.72. The molecule has 1 unspecified atom stereocenters. The summed E-state index contributed by atoms with van der Waals surface area (Å²) in [6.45, 7) is 2.56. The molecule has 1 aromatic carbocycles. The average molecular weight is 472 g/mol. The van der Waals surface area contributed by atoms with E-state index in [-0.39, 0.29) is 24.4 Å². The molecule has 11 heteroatoms. The highest BCUT2D eigenvalue weighted by Crippen LogP contribution is 2.31. The number of amides is 1. The number of aryl methyl sites for hydroxylation is 1. The normalized spacial score (nSPS) is 18.7. The predicted molar refractivity (Wildman–Crippen MR) is 119 cm³/mol. The molecule has 2 aromatic heterocycles. The number of aromatic nitrogens is 4. The highest BCUT2D eigenvalue weighted by atomic mass is 19.1. The van der Waals surface area contributed by atoms with Gasteiger partial charge in [0.1, 0.15) is 23.6 Å². The Morgan fingerprint density at radius 3 is 2.91 bits per heavy atom. The number of piperidine rings is 1. The standard InChI is InChI=1S/C23H27F2N7O2/c1-30(20-14-32-11-8-26-19(32)13-27-20)22(33)5-4-21-28-23(29-34-21)31-9-6-15(7-10-31)17-3-2-16(24)12-18(17)25/h2-3,8,11-12,15,20,27H,4-7,9-10,13-14H2,1H3. The van der Waals surface area contributed by atoms with E-state index in [0.717, 1.165) is 11.9 Å². The lowest BCUT2D eigenvalue weighted by Gasteiger charge is -2.33. The van der Waals surface area contributed by atoms with Gasteiger partial charge in [0.05, 0.1) is 13.1 Å². The molecule has 3 aromatic rings. The second-order valence-corrected chi connectivity index (χ2v) is 8.81. The summed E-state index contributed by atoms with van der Waals surface area (Å²) in [4.78, 5) is 25.1. The molecule has 2 aliphatic heterocycles. The number of carbonyl (C=O) groups excluding carboxylic acids is 1. The molecule has 0 bridgehead atoms. The van der Waals surface area contributed by atoms with Crippen LogP contribution in [-0.4, -0.2) is 56.8 Å². The Morgan fingerprint density at radius 2 is 2.12 bits per heavy atom. The predicted octanol–water partition coefficient (Wildman–Crippen LogP) is 2.45. The summed E-state index contributed by atoms with van der Waals surface area (Å²) in [5.74, 6) is 0.815. The molecule has 180 valence electrons. The summed E-state index contributed by atoms with van der Waals surface area (Å²) in [5.41, 5.74) is 0.550. The maximum Gasteiger partial charge on any atom is 0.266 e. The number of likely N-dealkylation sites (N-methyl/N-ethyl adjacent to an activating group) is 1. The smallest absolute Gasteiger partial charge is 0.266 e. The van der Waals surface area contributed by atoms with Gasteiger partial charge in [-0.25, -0.2) is 13.8 Å². The Bertz CT molecular complexity index is 1160. The highest BCUT2D eigenvalue weighted by Gasteiger charge is 2.27. The molecular formula is C23H27F2N7O2.